The monoisotopic (exact) mass is 394 g/mol. The van der Waals surface area contributed by atoms with E-state index in [4.69, 9.17) is 4.74 Å². The molecule has 1 aromatic heterocycles. The molecule has 3 rings (SSSR count). The van der Waals surface area contributed by atoms with Crippen molar-refractivity contribution < 1.29 is 23.9 Å². The maximum Gasteiger partial charge on any atom is 0.361 e. The first-order valence-electron chi connectivity index (χ1n) is 8.64. The van der Waals surface area contributed by atoms with E-state index < -0.39 is 24.5 Å². The lowest BCUT2D eigenvalue weighted by Crippen LogP contribution is -2.21. The Morgan fingerprint density at radius 1 is 1.00 bits per heavy atom. The van der Waals surface area contributed by atoms with Crippen molar-refractivity contribution in [1.29, 1.82) is 0 Å². The first-order chi connectivity index (χ1) is 14.0. The van der Waals surface area contributed by atoms with Crippen LogP contribution in [0.2, 0.25) is 0 Å². The van der Waals surface area contributed by atoms with Gasteiger partial charge in [0.2, 0.25) is 0 Å². The number of amides is 1. The highest BCUT2D eigenvalue weighted by Crippen LogP contribution is 2.10. The summed E-state index contributed by atoms with van der Waals surface area (Å²) in [4.78, 5) is 35.4. The lowest BCUT2D eigenvalue weighted by molar-refractivity contribution is -0.119. The quantitative estimate of drug-likeness (QED) is 0.609. The number of methoxy groups -OCH3 is 1. The fourth-order valence-corrected chi connectivity index (χ4v) is 2.45. The third-order valence-electron chi connectivity index (χ3n) is 3.86. The summed E-state index contributed by atoms with van der Waals surface area (Å²) in [5.41, 5.74) is 1.83. The standard InChI is InChI=1S/C20H18N4O5/c1-28-19(26)15-7-9-16(10-8-15)21-18(25)13-29-20(27)17-12-24(23-22-17)11-14-5-3-2-4-6-14/h2-10,12H,11,13H2,1H3,(H,21,25). The second-order valence-electron chi connectivity index (χ2n) is 5.98. The van der Waals surface area contributed by atoms with Crippen LogP contribution in [-0.2, 0) is 20.8 Å². The highest BCUT2D eigenvalue weighted by molar-refractivity contribution is 5.95. The van der Waals surface area contributed by atoms with Crippen molar-refractivity contribution in [3.05, 3.63) is 77.6 Å². The molecular weight excluding hydrogens is 376 g/mol. The summed E-state index contributed by atoms with van der Waals surface area (Å²) in [5, 5.41) is 10.2. The Kier molecular flexibility index (Phi) is 6.31. The molecule has 3 aromatic rings. The Morgan fingerprint density at radius 3 is 2.41 bits per heavy atom. The van der Waals surface area contributed by atoms with E-state index in [9.17, 15) is 14.4 Å². The van der Waals surface area contributed by atoms with Gasteiger partial charge < -0.3 is 14.8 Å². The van der Waals surface area contributed by atoms with Gasteiger partial charge in [0.25, 0.3) is 5.91 Å². The number of aromatic nitrogens is 3. The van der Waals surface area contributed by atoms with E-state index >= 15 is 0 Å². The molecule has 2 aromatic carbocycles. The van der Waals surface area contributed by atoms with Crippen molar-refractivity contribution in [2.24, 2.45) is 0 Å². The zero-order chi connectivity index (χ0) is 20.6. The van der Waals surface area contributed by atoms with Crippen molar-refractivity contribution in [2.75, 3.05) is 19.0 Å². The molecule has 0 aliphatic rings. The molecular formula is C20H18N4O5. The van der Waals surface area contributed by atoms with E-state index in [-0.39, 0.29) is 5.69 Å². The lowest BCUT2D eigenvalue weighted by atomic mass is 10.2. The second-order valence-corrected chi connectivity index (χ2v) is 5.98. The van der Waals surface area contributed by atoms with Crippen LogP contribution in [0.5, 0.6) is 0 Å². The Hall–Kier alpha value is -4.01. The van der Waals surface area contributed by atoms with Crippen LogP contribution in [0.4, 0.5) is 5.69 Å². The number of ether oxygens (including phenoxy) is 2. The van der Waals surface area contributed by atoms with E-state index in [2.05, 4.69) is 20.4 Å². The van der Waals surface area contributed by atoms with Gasteiger partial charge >= 0.3 is 11.9 Å². The number of esters is 2. The van der Waals surface area contributed by atoms with Gasteiger partial charge in [0.05, 0.1) is 25.4 Å². The van der Waals surface area contributed by atoms with Gasteiger partial charge in [0, 0.05) is 5.69 Å². The molecule has 0 saturated carbocycles. The fourth-order valence-electron chi connectivity index (χ4n) is 2.45. The van der Waals surface area contributed by atoms with Crippen LogP contribution in [0.1, 0.15) is 26.4 Å². The summed E-state index contributed by atoms with van der Waals surface area (Å²) in [6.45, 7) is -0.0215. The van der Waals surface area contributed by atoms with Crippen molar-refractivity contribution in [2.45, 2.75) is 6.54 Å². The molecule has 0 aliphatic heterocycles. The molecule has 0 atom stereocenters. The largest absolute Gasteiger partial charge is 0.465 e. The Balaban J connectivity index is 1.49. The summed E-state index contributed by atoms with van der Waals surface area (Å²) in [7, 11) is 1.28. The predicted octanol–water partition coefficient (Wildman–Crippen LogP) is 1.91. The average Bonchev–Trinajstić information content (AvgIpc) is 3.21. The summed E-state index contributed by atoms with van der Waals surface area (Å²) in [6.07, 6.45) is 1.46. The lowest BCUT2D eigenvalue weighted by Gasteiger charge is -2.06. The van der Waals surface area contributed by atoms with E-state index in [1.54, 1.807) is 12.1 Å². The highest BCUT2D eigenvalue weighted by Gasteiger charge is 2.15. The van der Waals surface area contributed by atoms with Crippen molar-refractivity contribution in [3.8, 4) is 0 Å². The third-order valence-corrected chi connectivity index (χ3v) is 3.86. The number of hydrogen-bond donors (Lipinski definition) is 1. The van der Waals surface area contributed by atoms with Crippen molar-refractivity contribution >= 4 is 23.5 Å². The molecule has 0 radical (unpaired) electrons. The Morgan fingerprint density at radius 2 is 1.72 bits per heavy atom. The molecule has 0 saturated heterocycles. The van der Waals surface area contributed by atoms with Crippen LogP contribution in [-0.4, -0.2) is 46.6 Å². The molecule has 0 unspecified atom stereocenters. The number of carbonyl (C=O) groups is 3. The van der Waals surface area contributed by atoms with Gasteiger partial charge in [-0.2, -0.15) is 0 Å². The number of nitrogens with one attached hydrogen (secondary N) is 1. The predicted molar refractivity (Wildman–Crippen MR) is 102 cm³/mol. The smallest absolute Gasteiger partial charge is 0.361 e. The number of anilines is 1. The molecule has 1 heterocycles. The van der Waals surface area contributed by atoms with E-state index in [1.807, 2.05) is 30.3 Å². The topological polar surface area (TPSA) is 112 Å². The molecule has 0 bridgehead atoms. The summed E-state index contributed by atoms with van der Waals surface area (Å²) in [6, 6.07) is 15.7. The first kappa shape index (κ1) is 19.7. The summed E-state index contributed by atoms with van der Waals surface area (Å²) >= 11 is 0. The fraction of sp³-hybridized carbons (Fsp3) is 0.150. The van der Waals surface area contributed by atoms with E-state index in [0.717, 1.165) is 5.56 Å². The number of nitrogens with zero attached hydrogens (tertiary/aromatic N) is 3. The Labute approximate surface area is 166 Å². The van der Waals surface area contributed by atoms with Gasteiger partial charge in [-0.05, 0) is 29.8 Å². The van der Waals surface area contributed by atoms with Crippen LogP contribution in [0.25, 0.3) is 0 Å². The van der Waals surface area contributed by atoms with Gasteiger partial charge in [0.15, 0.2) is 12.3 Å². The van der Waals surface area contributed by atoms with Crippen LogP contribution in [0, 0.1) is 0 Å². The van der Waals surface area contributed by atoms with E-state index in [1.165, 1.54) is 30.1 Å². The van der Waals surface area contributed by atoms with Gasteiger partial charge in [0.1, 0.15) is 0 Å². The molecule has 9 nitrogen and oxygen atoms in total. The molecule has 9 heteroatoms. The minimum Gasteiger partial charge on any atom is -0.465 e. The second kappa shape index (κ2) is 9.27. The minimum absolute atomic E-state index is 0.0103. The number of benzene rings is 2. The number of hydrogen-bond acceptors (Lipinski definition) is 7. The molecule has 29 heavy (non-hydrogen) atoms. The van der Waals surface area contributed by atoms with Crippen molar-refractivity contribution in [3.63, 3.8) is 0 Å². The van der Waals surface area contributed by atoms with Crippen molar-refractivity contribution in [1.82, 2.24) is 15.0 Å². The molecule has 148 valence electrons. The minimum atomic E-state index is -0.750. The zero-order valence-electron chi connectivity index (χ0n) is 15.6. The molecule has 1 N–H and O–H groups in total. The van der Waals surface area contributed by atoms with Crippen LogP contribution in [0.3, 0.4) is 0 Å². The van der Waals surface area contributed by atoms with E-state index in [0.29, 0.717) is 17.8 Å². The average molecular weight is 394 g/mol. The highest BCUT2D eigenvalue weighted by atomic mass is 16.5. The number of carbonyl (C=O) groups excluding carboxylic acids is 3. The maximum absolute atomic E-state index is 12.1. The van der Waals surface area contributed by atoms with Crippen LogP contribution in [0.15, 0.2) is 60.8 Å². The van der Waals surface area contributed by atoms with Gasteiger partial charge in [-0.3, -0.25) is 4.79 Å². The van der Waals surface area contributed by atoms with Crippen LogP contribution >= 0.6 is 0 Å². The number of rotatable bonds is 7. The molecule has 0 spiro atoms. The van der Waals surface area contributed by atoms with Gasteiger partial charge in [-0.1, -0.05) is 35.5 Å². The normalized spacial score (nSPS) is 10.2. The van der Waals surface area contributed by atoms with Gasteiger partial charge in [-0.25, -0.2) is 14.3 Å². The molecule has 1 amide bonds. The summed E-state index contributed by atoms with van der Waals surface area (Å²) < 4.78 is 11.1. The third kappa shape index (κ3) is 5.48. The summed E-state index contributed by atoms with van der Waals surface area (Å²) in [5.74, 6) is -1.75. The molecule has 0 aliphatic carbocycles. The SMILES string of the molecule is COC(=O)c1ccc(NC(=O)COC(=O)c2cn(Cc3ccccc3)nn2)cc1. The first-order valence-corrected chi connectivity index (χ1v) is 8.64. The van der Waals surface area contributed by atoms with Gasteiger partial charge in [-0.15, -0.1) is 5.10 Å². The van der Waals surface area contributed by atoms with Crippen LogP contribution < -0.4 is 5.32 Å². The molecule has 0 fully saturated rings. The maximum atomic E-state index is 12.1. The Bertz CT molecular complexity index is 999. The zero-order valence-corrected chi connectivity index (χ0v) is 15.6.